The Morgan fingerprint density at radius 1 is 1.00 bits per heavy atom. The van der Waals surface area contributed by atoms with Crippen molar-refractivity contribution in [2.45, 2.75) is 6.67 Å². The molecule has 5 nitrogen and oxygen atoms in total. The van der Waals surface area contributed by atoms with E-state index in [1.165, 1.54) is 5.69 Å². The quantitative estimate of drug-likeness (QED) is 0.557. The van der Waals surface area contributed by atoms with E-state index in [1.807, 2.05) is 58.8 Å². The van der Waals surface area contributed by atoms with Gasteiger partial charge in [-0.1, -0.05) is 41.4 Å². The van der Waals surface area contributed by atoms with E-state index in [1.54, 1.807) is 0 Å². The summed E-state index contributed by atoms with van der Waals surface area (Å²) < 4.78 is 4.48. The lowest BCUT2D eigenvalue weighted by molar-refractivity contribution is 0.194. The molecule has 0 radical (unpaired) electrons. The largest absolute Gasteiger partial charge is 0.369 e. The molecule has 1 aromatic heterocycles. The van der Waals surface area contributed by atoms with Crippen molar-refractivity contribution >= 4 is 41.1 Å². The molecule has 2 heterocycles. The Labute approximate surface area is 179 Å². The molecule has 1 saturated heterocycles. The van der Waals surface area contributed by atoms with E-state index in [9.17, 15) is 0 Å². The molecule has 0 spiro atoms. The summed E-state index contributed by atoms with van der Waals surface area (Å²) in [5, 5.41) is 6.19. The van der Waals surface area contributed by atoms with Crippen LogP contribution in [-0.4, -0.2) is 45.4 Å². The minimum Gasteiger partial charge on any atom is -0.369 e. The summed E-state index contributed by atoms with van der Waals surface area (Å²) in [6.45, 7) is 4.43. The fourth-order valence-electron chi connectivity index (χ4n) is 3.47. The van der Waals surface area contributed by atoms with E-state index in [-0.39, 0.29) is 0 Å². The lowest BCUT2D eigenvalue weighted by Gasteiger charge is -2.35. The first-order valence-electron chi connectivity index (χ1n) is 9.14. The molecular weight excluding hydrogens is 413 g/mol. The van der Waals surface area contributed by atoms with Gasteiger partial charge < -0.3 is 9.47 Å². The molecule has 0 saturated carbocycles. The minimum absolute atomic E-state index is 0.667. The number of halogens is 2. The zero-order chi connectivity index (χ0) is 19.7. The highest BCUT2D eigenvalue weighted by Crippen LogP contribution is 2.26. The maximum absolute atomic E-state index is 6.35. The first-order chi connectivity index (χ1) is 13.5. The lowest BCUT2D eigenvalue weighted by atomic mass is 10.2. The second-order valence-electron chi connectivity index (χ2n) is 6.87. The second kappa shape index (κ2) is 8.25. The van der Waals surface area contributed by atoms with Gasteiger partial charge in [0.1, 0.15) is 0 Å². The van der Waals surface area contributed by atoms with Gasteiger partial charge in [-0.15, -0.1) is 0 Å². The summed E-state index contributed by atoms with van der Waals surface area (Å²) >= 11 is 18.1. The zero-order valence-electron chi connectivity index (χ0n) is 15.6. The Balaban J connectivity index is 1.47. The fourth-order valence-corrected chi connectivity index (χ4v) is 4.06. The van der Waals surface area contributed by atoms with Crippen molar-refractivity contribution in [3.8, 4) is 11.4 Å². The number of hydrogen-bond acceptors (Lipinski definition) is 4. The zero-order valence-corrected chi connectivity index (χ0v) is 17.9. The first-order valence-corrected chi connectivity index (χ1v) is 10.3. The number of rotatable bonds is 4. The van der Waals surface area contributed by atoms with Crippen LogP contribution in [0.5, 0.6) is 0 Å². The topological polar surface area (TPSA) is 29.2 Å². The molecule has 0 unspecified atom stereocenters. The van der Waals surface area contributed by atoms with E-state index in [0.717, 1.165) is 42.6 Å². The Bertz CT molecular complexity index is 1040. The predicted molar refractivity (Wildman–Crippen MR) is 118 cm³/mol. The molecule has 1 fully saturated rings. The van der Waals surface area contributed by atoms with Crippen molar-refractivity contribution in [2.75, 3.05) is 31.1 Å². The number of aromatic nitrogens is 3. The summed E-state index contributed by atoms with van der Waals surface area (Å²) in [4.78, 5) is 4.72. The summed E-state index contributed by atoms with van der Waals surface area (Å²) in [6.07, 6.45) is 0. The van der Waals surface area contributed by atoms with Crippen molar-refractivity contribution in [1.29, 1.82) is 0 Å². The summed E-state index contributed by atoms with van der Waals surface area (Å²) in [7, 11) is 1.93. The van der Waals surface area contributed by atoms with Gasteiger partial charge in [-0.2, -0.15) is 5.10 Å². The molecule has 8 heteroatoms. The van der Waals surface area contributed by atoms with Crippen molar-refractivity contribution in [3.05, 3.63) is 63.3 Å². The van der Waals surface area contributed by atoms with Crippen LogP contribution in [0.2, 0.25) is 10.0 Å². The van der Waals surface area contributed by atoms with Crippen LogP contribution in [0.15, 0.2) is 48.5 Å². The van der Waals surface area contributed by atoms with Crippen LogP contribution >= 0.6 is 35.4 Å². The average molecular weight is 434 g/mol. The van der Waals surface area contributed by atoms with Gasteiger partial charge in [0.25, 0.3) is 0 Å². The number of hydrogen-bond donors (Lipinski definition) is 0. The molecule has 0 amide bonds. The molecule has 4 rings (SSSR count). The average Bonchev–Trinajstić information content (AvgIpc) is 2.97. The Hall–Kier alpha value is -1.86. The summed E-state index contributed by atoms with van der Waals surface area (Å²) in [5.74, 6) is 0.785. The Morgan fingerprint density at radius 3 is 2.46 bits per heavy atom. The van der Waals surface area contributed by atoms with Crippen molar-refractivity contribution in [2.24, 2.45) is 7.05 Å². The highest BCUT2D eigenvalue weighted by Gasteiger charge is 2.20. The molecule has 0 aliphatic carbocycles. The van der Waals surface area contributed by atoms with Gasteiger partial charge in [-0.05, 0) is 42.5 Å². The first kappa shape index (κ1) is 19.5. The lowest BCUT2D eigenvalue weighted by Crippen LogP contribution is -2.47. The van der Waals surface area contributed by atoms with Gasteiger partial charge >= 0.3 is 0 Å². The van der Waals surface area contributed by atoms with Gasteiger partial charge in [0, 0.05) is 49.5 Å². The van der Waals surface area contributed by atoms with Gasteiger partial charge in [0.05, 0.1) is 11.7 Å². The highest BCUT2D eigenvalue weighted by molar-refractivity contribution is 7.71. The summed E-state index contributed by atoms with van der Waals surface area (Å²) in [5.41, 5.74) is 2.06. The van der Waals surface area contributed by atoms with Crippen LogP contribution in [0.3, 0.4) is 0 Å². The van der Waals surface area contributed by atoms with Crippen molar-refractivity contribution < 1.29 is 0 Å². The van der Waals surface area contributed by atoms with E-state index in [2.05, 4.69) is 15.9 Å². The van der Waals surface area contributed by atoms with Crippen LogP contribution in [-0.2, 0) is 13.7 Å². The third-order valence-electron chi connectivity index (χ3n) is 5.04. The van der Waals surface area contributed by atoms with E-state index in [0.29, 0.717) is 16.5 Å². The molecule has 3 aromatic rings. The summed E-state index contributed by atoms with van der Waals surface area (Å²) in [6, 6.07) is 15.7. The maximum Gasteiger partial charge on any atom is 0.199 e. The van der Waals surface area contributed by atoms with Crippen LogP contribution in [0, 0.1) is 4.77 Å². The molecule has 0 N–H and O–H groups in total. The van der Waals surface area contributed by atoms with E-state index >= 15 is 0 Å². The fraction of sp³-hybridized carbons (Fsp3) is 0.300. The van der Waals surface area contributed by atoms with Crippen molar-refractivity contribution in [3.63, 3.8) is 0 Å². The Kier molecular flexibility index (Phi) is 5.73. The van der Waals surface area contributed by atoms with Gasteiger partial charge in [0.15, 0.2) is 10.6 Å². The number of benzene rings is 2. The molecule has 28 heavy (non-hydrogen) atoms. The standard InChI is InChI=1S/C20H21Cl2N5S/c1-24-19(17-7-2-3-8-18(17)22)23-27(20(24)28)14-25-9-11-26(12-10-25)16-6-4-5-15(21)13-16/h2-8,13H,9-12,14H2,1H3. The molecule has 2 aromatic carbocycles. The molecule has 0 atom stereocenters. The molecular formula is C20H21Cl2N5S. The number of nitrogens with zero attached hydrogens (tertiary/aromatic N) is 5. The SMILES string of the molecule is Cn1c(-c2ccccc2Cl)nn(CN2CCN(c3cccc(Cl)c3)CC2)c1=S. The normalized spacial score (nSPS) is 15.2. The van der Waals surface area contributed by atoms with E-state index < -0.39 is 0 Å². The van der Waals surface area contributed by atoms with Gasteiger partial charge in [-0.25, -0.2) is 4.68 Å². The number of anilines is 1. The van der Waals surface area contributed by atoms with Crippen LogP contribution < -0.4 is 4.90 Å². The minimum atomic E-state index is 0.667. The highest BCUT2D eigenvalue weighted by atomic mass is 35.5. The van der Waals surface area contributed by atoms with E-state index in [4.69, 9.17) is 40.5 Å². The van der Waals surface area contributed by atoms with Crippen LogP contribution in [0.1, 0.15) is 0 Å². The Morgan fingerprint density at radius 2 is 1.75 bits per heavy atom. The van der Waals surface area contributed by atoms with Crippen molar-refractivity contribution in [1.82, 2.24) is 19.2 Å². The molecule has 146 valence electrons. The number of piperazine rings is 1. The van der Waals surface area contributed by atoms with Crippen LogP contribution in [0.25, 0.3) is 11.4 Å². The van der Waals surface area contributed by atoms with Gasteiger partial charge in [-0.3, -0.25) is 4.90 Å². The smallest absolute Gasteiger partial charge is 0.199 e. The monoisotopic (exact) mass is 433 g/mol. The molecule has 0 bridgehead atoms. The predicted octanol–water partition coefficient (Wildman–Crippen LogP) is 4.70. The third kappa shape index (κ3) is 3.96. The molecule has 1 aliphatic heterocycles. The van der Waals surface area contributed by atoms with Gasteiger partial charge in [0.2, 0.25) is 0 Å². The molecule has 1 aliphatic rings. The maximum atomic E-state index is 6.35. The third-order valence-corrected chi connectivity index (χ3v) is 6.08. The second-order valence-corrected chi connectivity index (χ2v) is 8.08. The van der Waals surface area contributed by atoms with Crippen LogP contribution in [0.4, 0.5) is 5.69 Å².